The number of nitrogens with zero attached hydrogens (tertiary/aromatic N) is 1. The number of benzene rings is 2. The Kier molecular flexibility index (Phi) is 4.28. The van der Waals surface area contributed by atoms with E-state index in [1.54, 1.807) is 30.3 Å². The van der Waals surface area contributed by atoms with Crippen LogP contribution in [0.15, 0.2) is 48.5 Å². The van der Waals surface area contributed by atoms with Crippen LogP contribution in [0.5, 0.6) is 0 Å². The number of rotatable bonds is 5. The van der Waals surface area contributed by atoms with Gasteiger partial charge in [-0.2, -0.15) is 0 Å². The highest BCUT2D eigenvalue weighted by molar-refractivity contribution is 7.92. The molecular formula is C17H17FN2O3S. The van der Waals surface area contributed by atoms with Crippen molar-refractivity contribution in [1.82, 2.24) is 0 Å². The second-order valence-electron chi connectivity index (χ2n) is 5.77. The Morgan fingerprint density at radius 2 is 1.83 bits per heavy atom. The molecule has 1 aliphatic rings. The van der Waals surface area contributed by atoms with Crippen molar-refractivity contribution in [2.24, 2.45) is 0 Å². The molecule has 0 aromatic heterocycles. The van der Waals surface area contributed by atoms with Gasteiger partial charge >= 0.3 is 0 Å². The lowest BCUT2D eigenvalue weighted by atomic mass is 10.2. The van der Waals surface area contributed by atoms with E-state index in [1.165, 1.54) is 16.4 Å². The molecule has 24 heavy (non-hydrogen) atoms. The van der Waals surface area contributed by atoms with Gasteiger partial charge in [0, 0.05) is 11.6 Å². The maximum Gasteiger partial charge on any atom is 0.255 e. The Labute approximate surface area is 140 Å². The molecule has 1 N–H and O–H groups in total. The van der Waals surface area contributed by atoms with E-state index in [0.717, 1.165) is 25.2 Å². The summed E-state index contributed by atoms with van der Waals surface area (Å²) in [5.74, 6) is -0.974. The molecule has 0 spiro atoms. The standard InChI is InChI=1S/C17H17FN2O3S/c1-24(22,23)20(14-8-9-14)16-10-7-13(18)11-15(16)19-17(21)12-5-3-2-4-6-12/h2-7,10-11,14H,8-9H2,1H3,(H,19,21). The fourth-order valence-corrected chi connectivity index (χ4v) is 3.81. The number of nitrogens with one attached hydrogen (secondary N) is 1. The molecule has 0 bridgehead atoms. The van der Waals surface area contributed by atoms with E-state index in [2.05, 4.69) is 5.32 Å². The minimum Gasteiger partial charge on any atom is -0.320 e. The lowest BCUT2D eigenvalue weighted by Gasteiger charge is -2.25. The van der Waals surface area contributed by atoms with E-state index in [4.69, 9.17) is 0 Å². The third-order valence-electron chi connectivity index (χ3n) is 3.72. The molecule has 1 amide bonds. The van der Waals surface area contributed by atoms with Gasteiger partial charge in [-0.15, -0.1) is 0 Å². The van der Waals surface area contributed by atoms with Crippen LogP contribution in [0.25, 0.3) is 0 Å². The number of carbonyl (C=O) groups is 1. The first-order valence-electron chi connectivity index (χ1n) is 7.51. The van der Waals surface area contributed by atoms with Crippen molar-refractivity contribution in [3.05, 3.63) is 59.9 Å². The predicted octanol–water partition coefficient (Wildman–Crippen LogP) is 3.01. The molecule has 1 fully saturated rings. The zero-order valence-corrected chi connectivity index (χ0v) is 13.9. The van der Waals surface area contributed by atoms with Gasteiger partial charge in [0.2, 0.25) is 10.0 Å². The maximum atomic E-state index is 13.7. The molecule has 3 rings (SSSR count). The molecule has 0 unspecified atom stereocenters. The average Bonchev–Trinajstić information content (AvgIpc) is 3.34. The van der Waals surface area contributed by atoms with E-state index in [9.17, 15) is 17.6 Å². The minimum absolute atomic E-state index is 0.140. The zero-order chi connectivity index (χ0) is 17.3. The number of carbonyl (C=O) groups excluding carboxylic acids is 1. The molecule has 0 heterocycles. The summed E-state index contributed by atoms with van der Waals surface area (Å²) in [6.45, 7) is 0. The van der Waals surface area contributed by atoms with Gasteiger partial charge in [0.1, 0.15) is 5.82 Å². The zero-order valence-electron chi connectivity index (χ0n) is 13.1. The van der Waals surface area contributed by atoms with Crippen molar-refractivity contribution < 1.29 is 17.6 Å². The van der Waals surface area contributed by atoms with Crippen LogP contribution in [0, 0.1) is 5.82 Å². The summed E-state index contributed by atoms with van der Waals surface area (Å²) in [5, 5.41) is 2.62. The molecule has 0 atom stereocenters. The van der Waals surface area contributed by atoms with Crippen LogP contribution in [0.1, 0.15) is 23.2 Å². The minimum atomic E-state index is -3.53. The second kappa shape index (κ2) is 6.24. The van der Waals surface area contributed by atoms with Crippen molar-refractivity contribution in [1.29, 1.82) is 0 Å². The molecule has 5 nitrogen and oxygen atoms in total. The predicted molar refractivity (Wildman–Crippen MR) is 91.1 cm³/mol. The number of hydrogen-bond donors (Lipinski definition) is 1. The third kappa shape index (κ3) is 3.56. The average molecular weight is 348 g/mol. The van der Waals surface area contributed by atoms with E-state index in [-0.39, 0.29) is 17.4 Å². The Morgan fingerprint density at radius 3 is 2.42 bits per heavy atom. The van der Waals surface area contributed by atoms with Gasteiger partial charge in [0.25, 0.3) is 5.91 Å². The topological polar surface area (TPSA) is 66.5 Å². The van der Waals surface area contributed by atoms with Crippen LogP contribution in [0.4, 0.5) is 15.8 Å². The van der Waals surface area contributed by atoms with Crippen LogP contribution in [-0.2, 0) is 10.0 Å². The van der Waals surface area contributed by atoms with E-state index in [1.807, 2.05) is 0 Å². The monoisotopic (exact) mass is 348 g/mol. The smallest absolute Gasteiger partial charge is 0.255 e. The number of sulfonamides is 1. The van der Waals surface area contributed by atoms with Crippen LogP contribution in [-0.4, -0.2) is 26.6 Å². The molecule has 2 aromatic carbocycles. The summed E-state index contributed by atoms with van der Waals surface area (Å²) in [5.41, 5.74) is 0.830. The fraction of sp³-hybridized carbons (Fsp3) is 0.235. The van der Waals surface area contributed by atoms with Gasteiger partial charge < -0.3 is 5.32 Å². The van der Waals surface area contributed by atoms with Crippen LogP contribution >= 0.6 is 0 Å². The molecular weight excluding hydrogens is 331 g/mol. The van der Waals surface area contributed by atoms with Gasteiger partial charge in [0.05, 0.1) is 17.6 Å². The quantitative estimate of drug-likeness (QED) is 0.903. The Morgan fingerprint density at radius 1 is 1.17 bits per heavy atom. The lowest BCUT2D eigenvalue weighted by molar-refractivity contribution is 0.102. The summed E-state index contributed by atoms with van der Waals surface area (Å²) in [6.07, 6.45) is 2.60. The second-order valence-corrected chi connectivity index (χ2v) is 7.63. The van der Waals surface area contributed by atoms with E-state index >= 15 is 0 Å². The highest BCUT2D eigenvalue weighted by Gasteiger charge is 2.36. The van der Waals surface area contributed by atoms with Crippen molar-refractivity contribution in [3.8, 4) is 0 Å². The van der Waals surface area contributed by atoms with Crippen molar-refractivity contribution in [2.75, 3.05) is 15.9 Å². The van der Waals surface area contributed by atoms with Crippen LogP contribution < -0.4 is 9.62 Å². The van der Waals surface area contributed by atoms with Crippen molar-refractivity contribution in [2.45, 2.75) is 18.9 Å². The molecule has 0 saturated heterocycles. The Balaban J connectivity index is 1.98. The highest BCUT2D eigenvalue weighted by Crippen LogP contribution is 2.38. The third-order valence-corrected chi connectivity index (χ3v) is 4.93. The first kappa shape index (κ1) is 16.4. The van der Waals surface area contributed by atoms with Crippen molar-refractivity contribution >= 4 is 27.3 Å². The van der Waals surface area contributed by atoms with Crippen molar-refractivity contribution in [3.63, 3.8) is 0 Å². The van der Waals surface area contributed by atoms with E-state index < -0.39 is 21.7 Å². The summed E-state index contributed by atoms with van der Waals surface area (Å²) >= 11 is 0. The number of anilines is 2. The molecule has 0 radical (unpaired) electrons. The molecule has 2 aromatic rings. The van der Waals surface area contributed by atoms with Gasteiger partial charge in [0.15, 0.2) is 0 Å². The summed E-state index contributed by atoms with van der Waals surface area (Å²) in [6, 6.07) is 12.0. The molecule has 1 saturated carbocycles. The number of amides is 1. The molecule has 7 heteroatoms. The molecule has 126 valence electrons. The Hall–Kier alpha value is -2.41. The normalized spacial score (nSPS) is 14.2. The number of hydrogen-bond acceptors (Lipinski definition) is 3. The summed E-state index contributed by atoms with van der Waals surface area (Å²) < 4.78 is 39.2. The van der Waals surface area contributed by atoms with Crippen LogP contribution in [0.2, 0.25) is 0 Å². The highest BCUT2D eigenvalue weighted by atomic mass is 32.2. The largest absolute Gasteiger partial charge is 0.320 e. The molecule has 0 aliphatic heterocycles. The molecule has 1 aliphatic carbocycles. The number of halogens is 1. The Bertz CT molecular complexity index is 865. The van der Waals surface area contributed by atoms with Gasteiger partial charge in [-0.3, -0.25) is 9.10 Å². The maximum absolute atomic E-state index is 13.7. The lowest BCUT2D eigenvalue weighted by Crippen LogP contribution is -2.33. The fourth-order valence-electron chi connectivity index (χ4n) is 2.54. The van der Waals surface area contributed by atoms with Gasteiger partial charge in [-0.05, 0) is 43.2 Å². The summed E-state index contributed by atoms with van der Waals surface area (Å²) in [7, 11) is -3.53. The van der Waals surface area contributed by atoms with Gasteiger partial charge in [-0.1, -0.05) is 18.2 Å². The summed E-state index contributed by atoms with van der Waals surface area (Å²) in [4.78, 5) is 12.3. The van der Waals surface area contributed by atoms with Gasteiger partial charge in [-0.25, -0.2) is 12.8 Å². The van der Waals surface area contributed by atoms with E-state index in [0.29, 0.717) is 5.56 Å². The van der Waals surface area contributed by atoms with Crippen LogP contribution in [0.3, 0.4) is 0 Å². The first-order valence-corrected chi connectivity index (χ1v) is 9.36. The SMILES string of the molecule is CS(=O)(=O)N(c1ccc(F)cc1NC(=O)c1ccccc1)C1CC1. The first-order chi connectivity index (χ1) is 11.4.